The highest BCUT2D eigenvalue weighted by Crippen LogP contribution is 2.22. The number of aromatic nitrogens is 1. The summed E-state index contributed by atoms with van der Waals surface area (Å²) in [5, 5.41) is 5.27. The zero-order valence-electron chi connectivity index (χ0n) is 10.4. The van der Waals surface area contributed by atoms with E-state index in [9.17, 15) is 0 Å². The SMILES string of the molecule is Cc1cc2ccc(CNC(C)C)nc2cc1Cl. The van der Waals surface area contributed by atoms with Gasteiger partial charge in [0.2, 0.25) is 0 Å². The number of fused-ring (bicyclic) bond motifs is 1. The molecule has 90 valence electrons. The van der Waals surface area contributed by atoms with Gasteiger partial charge in [-0.3, -0.25) is 4.98 Å². The Morgan fingerprint density at radius 3 is 2.76 bits per heavy atom. The van der Waals surface area contributed by atoms with Crippen molar-refractivity contribution in [2.75, 3.05) is 0 Å². The van der Waals surface area contributed by atoms with E-state index >= 15 is 0 Å². The van der Waals surface area contributed by atoms with Crippen molar-refractivity contribution in [1.29, 1.82) is 0 Å². The lowest BCUT2D eigenvalue weighted by Gasteiger charge is -2.08. The molecular formula is C14H17ClN2. The summed E-state index contributed by atoms with van der Waals surface area (Å²) < 4.78 is 0. The first-order valence-electron chi connectivity index (χ1n) is 5.85. The van der Waals surface area contributed by atoms with Gasteiger partial charge in [-0.1, -0.05) is 31.5 Å². The second-order valence-electron chi connectivity index (χ2n) is 4.63. The lowest BCUT2D eigenvalue weighted by atomic mass is 10.1. The van der Waals surface area contributed by atoms with E-state index < -0.39 is 0 Å². The number of rotatable bonds is 3. The van der Waals surface area contributed by atoms with Crippen LogP contribution in [0.25, 0.3) is 10.9 Å². The Morgan fingerprint density at radius 2 is 2.06 bits per heavy atom. The molecule has 0 unspecified atom stereocenters. The molecule has 17 heavy (non-hydrogen) atoms. The van der Waals surface area contributed by atoms with Crippen LogP contribution in [-0.4, -0.2) is 11.0 Å². The summed E-state index contributed by atoms with van der Waals surface area (Å²) in [4.78, 5) is 4.60. The van der Waals surface area contributed by atoms with Gasteiger partial charge < -0.3 is 5.32 Å². The quantitative estimate of drug-likeness (QED) is 0.896. The molecular weight excluding hydrogens is 232 g/mol. The number of aryl methyl sites for hydroxylation is 1. The Bertz CT molecular complexity index is 535. The van der Waals surface area contributed by atoms with E-state index in [4.69, 9.17) is 11.6 Å². The highest BCUT2D eigenvalue weighted by molar-refractivity contribution is 6.32. The van der Waals surface area contributed by atoms with Crippen LogP contribution < -0.4 is 5.32 Å². The van der Waals surface area contributed by atoms with Crippen LogP contribution in [0.1, 0.15) is 25.1 Å². The summed E-state index contributed by atoms with van der Waals surface area (Å²) in [7, 11) is 0. The van der Waals surface area contributed by atoms with Gasteiger partial charge >= 0.3 is 0 Å². The number of hydrogen-bond acceptors (Lipinski definition) is 2. The number of pyridine rings is 1. The summed E-state index contributed by atoms with van der Waals surface area (Å²) in [5.74, 6) is 0. The smallest absolute Gasteiger partial charge is 0.0720 e. The standard InChI is InChI=1S/C14H17ClN2/c1-9(2)16-8-12-5-4-11-6-10(3)13(15)7-14(11)17-12/h4-7,9,16H,8H2,1-3H3. The average Bonchev–Trinajstić information content (AvgIpc) is 2.28. The molecule has 1 heterocycles. The first-order chi connectivity index (χ1) is 8.06. The maximum atomic E-state index is 6.11. The van der Waals surface area contributed by atoms with Crippen molar-refractivity contribution < 1.29 is 0 Å². The van der Waals surface area contributed by atoms with Crippen molar-refractivity contribution in [1.82, 2.24) is 10.3 Å². The number of nitrogens with one attached hydrogen (secondary N) is 1. The molecule has 0 aliphatic heterocycles. The molecule has 0 aliphatic carbocycles. The van der Waals surface area contributed by atoms with E-state index in [0.29, 0.717) is 6.04 Å². The van der Waals surface area contributed by atoms with Crippen LogP contribution in [0.2, 0.25) is 5.02 Å². The molecule has 1 N–H and O–H groups in total. The van der Waals surface area contributed by atoms with Gasteiger partial charge in [-0.15, -0.1) is 0 Å². The minimum Gasteiger partial charge on any atom is -0.309 e. The van der Waals surface area contributed by atoms with E-state index in [1.54, 1.807) is 0 Å². The van der Waals surface area contributed by atoms with Crippen molar-refractivity contribution in [3.8, 4) is 0 Å². The maximum absolute atomic E-state index is 6.11. The van der Waals surface area contributed by atoms with Gasteiger partial charge in [-0.2, -0.15) is 0 Å². The molecule has 1 aromatic heterocycles. The van der Waals surface area contributed by atoms with Crippen LogP contribution in [0, 0.1) is 6.92 Å². The lowest BCUT2D eigenvalue weighted by Crippen LogP contribution is -2.22. The lowest BCUT2D eigenvalue weighted by molar-refractivity contribution is 0.582. The summed E-state index contributed by atoms with van der Waals surface area (Å²) in [6.45, 7) is 7.05. The number of hydrogen-bond donors (Lipinski definition) is 1. The first-order valence-corrected chi connectivity index (χ1v) is 6.23. The Kier molecular flexibility index (Phi) is 3.65. The van der Waals surface area contributed by atoms with Crippen molar-refractivity contribution in [2.45, 2.75) is 33.4 Å². The summed E-state index contributed by atoms with van der Waals surface area (Å²) in [6, 6.07) is 8.64. The fraction of sp³-hybridized carbons (Fsp3) is 0.357. The molecule has 0 aliphatic rings. The van der Waals surface area contributed by atoms with E-state index in [1.807, 2.05) is 13.0 Å². The molecule has 0 saturated heterocycles. The predicted octanol–water partition coefficient (Wildman–Crippen LogP) is 3.69. The molecule has 0 saturated carbocycles. The number of nitrogens with zero attached hydrogens (tertiary/aromatic N) is 1. The third kappa shape index (κ3) is 2.96. The molecule has 0 radical (unpaired) electrons. The van der Waals surface area contributed by atoms with Crippen LogP contribution in [0.15, 0.2) is 24.3 Å². The molecule has 2 rings (SSSR count). The van der Waals surface area contributed by atoms with Gasteiger partial charge in [0.1, 0.15) is 0 Å². The fourth-order valence-corrected chi connectivity index (χ4v) is 1.87. The third-order valence-electron chi connectivity index (χ3n) is 2.72. The van der Waals surface area contributed by atoms with Crippen LogP contribution in [0.3, 0.4) is 0 Å². The fourth-order valence-electron chi connectivity index (χ4n) is 1.71. The van der Waals surface area contributed by atoms with E-state index in [-0.39, 0.29) is 0 Å². The monoisotopic (exact) mass is 248 g/mol. The summed E-state index contributed by atoms with van der Waals surface area (Å²) >= 11 is 6.11. The molecule has 0 amide bonds. The molecule has 2 nitrogen and oxygen atoms in total. The van der Waals surface area contributed by atoms with E-state index in [2.05, 4.69) is 42.3 Å². The molecule has 0 spiro atoms. The Labute approximate surface area is 107 Å². The molecule has 0 bridgehead atoms. The Morgan fingerprint density at radius 1 is 1.29 bits per heavy atom. The molecule has 2 aromatic rings. The van der Waals surface area contributed by atoms with Gasteiger partial charge in [0.25, 0.3) is 0 Å². The van der Waals surface area contributed by atoms with Crippen LogP contribution in [-0.2, 0) is 6.54 Å². The Balaban J connectivity index is 2.33. The van der Waals surface area contributed by atoms with Gasteiger partial charge in [0.15, 0.2) is 0 Å². The topological polar surface area (TPSA) is 24.9 Å². The zero-order valence-corrected chi connectivity index (χ0v) is 11.2. The van der Waals surface area contributed by atoms with Gasteiger partial charge in [0, 0.05) is 23.0 Å². The predicted molar refractivity (Wildman–Crippen MR) is 73.5 cm³/mol. The second-order valence-corrected chi connectivity index (χ2v) is 5.04. The zero-order chi connectivity index (χ0) is 12.4. The molecule has 3 heteroatoms. The average molecular weight is 249 g/mol. The highest BCUT2D eigenvalue weighted by atomic mass is 35.5. The van der Waals surface area contributed by atoms with Crippen molar-refractivity contribution in [3.05, 3.63) is 40.5 Å². The minimum atomic E-state index is 0.467. The van der Waals surface area contributed by atoms with Crippen molar-refractivity contribution in [3.63, 3.8) is 0 Å². The normalized spacial score (nSPS) is 11.4. The summed E-state index contributed by atoms with van der Waals surface area (Å²) in [6.07, 6.45) is 0. The second kappa shape index (κ2) is 5.03. The van der Waals surface area contributed by atoms with E-state index in [1.165, 1.54) is 0 Å². The highest BCUT2D eigenvalue weighted by Gasteiger charge is 2.02. The number of halogens is 1. The van der Waals surface area contributed by atoms with Crippen LogP contribution >= 0.6 is 11.6 Å². The van der Waals surface area contributed by atoms with Gasteiger partial charge in [0.05, 0.1) is 11.2 Å². The van der Waals surface area contributed by atoms with E-state index in [0.717, 1.165) is 33.7 Å². The minimum absolute atomic E-state index is 0.467. The van der Waals surface area contributed by atoms with Gasteiger partial charge in [-0.05, 0) is 30.7 Å². The van der Waals surface area contributed by atoms with Gasteiger partial charge in [-0.25, -0.2) is 0 Å². The summed E-state index contributed by atoms with van der Waals surface area (Å²) in [5.41, 5.74) is 3.10. The maximum Gasteiger partial charge on any atom is 0.0720 e. The molecule has 1 aromatic carbocycles. The third-order valence-corrected chi connectivity index (χ3v) is 3.13. The molecule has 0 fully saturated rings. The molecule has 0 atom stereocenters. The number of benzene rings is 1. The largest absolute Gasteiger partial charge is 0.309 e. The Hall–Kier alpha value is -1.12. The first kappa shape index (κ1) is 12.3. The van der Waals surface area contributed by atoms with Crippen molar-refractivity contribution >= 4 is 22.5 Å². The van der Waals surface area contributed by atoms with Crippen LogP contribution in [0.5, 0.6) is 0 Å². The van der Waals surface area contributed by atoms with Crippen molar-refractivity contribution in [2.24, 2.45) is 0 Å². The van der Waals surface area contributed by atoms with Crippen LogP contribution in [0.4, 0.5) is 0 Å².